The van der Waals surface area contributed by atoms with Gasteiger partial charge >= 0.3 is 0 Å². The SMILES string of the molecule is COc1nc(-c2ccccc2)nc2c1CCC(C(=O)NCCN1CCN(C)CC1)CC2. The van der Waals surface area contributed by atoms with Crippen molar-refractivity contribution >= 4 is 5.91 Å². The van der Waals surface area contributed by atoms with Crippen LogP contribution in [0.15, 0.2) is 30.3 Å². The number of ether oxygens (including phenoxy) is 1. The van der Waals surface area contributed by atoms with Gasteiger partial charge in [-0.3, -0.25) is 9.69 Å². The molecule has 2 heterocycles. The highest BCUT2D eigenvalue weighted by Gasteiger charge is 2.26. The Morgan fingerprint density at radius 1 is 1.10 bits per heavy atom. The predicted molar refractivity (Wildman–Crippen MR) is 121 cm³/mol. The highest BCUT2D eigenvalue weighted by Crippen LogP contribution is 2.31. The fraction of sp³-hybridized carbons (Fsp3) is 0.542. The molecule has 1 atom stereocenters. The van der Waals surface area contributed by atoms with E-state index < -0.39 is 0 Å². The molecule has 1 aromatic carbocycles. The van der Waals surface area contributed by atoms with Crippen molar-refractivity contribution in [3.8, 4) is 17.3 Å². The standard InChI is InChI=1S/C24H33N5O2/c1-28-14-16-29(17-15-28)13-12-25-23(30)19-8-10-20-21(11-9-19)26-22(27-24(20)31-2)18-6-4-3-5-7-18/h3-7,19H,8-17H2,1-2H3,(H,25,30). The van der Waals surface area contributed by atoms with Crippen LogP contribution in [0.3, 0.4) is 0 Å². The van der Waals surface area contributed by atoms with E-state index in [1.165, 1.54) is 0 Å². The van der Waals surface area contributed by atoms with E-state index in [0.29, 0.717) is 18.2 Å². The van der Waals surface area contributed by atoms with Crippen molar-refractivity contribution in [1.29, 1.82) is 0 Å². The summed E-state index contributed by atoms with van der Waals surface area (Å²) in [5.74, 6) is 1.50. The Hall–Kier alpha value is -2.51. The lowest BCUT2D eigenvalue weighted by Crippen LogP contribution is -2.47. The number of nitrogens with zero attached hydrogens (tertiary/aromatic N) is 4. The molecule has 1 aliphatic carbocycles. The number of hydrogen-bond acceptors (Lipinski definition) is 6. The molecule has 0 bridgehead atoms. The smallest absolute Gasteiger partial charge is 0.223 e. The molecule has 1 aromatic heterocycles. The number of likely N-dealkylation sites (N-methyl/N-ethyl adjacent to an activating group) is 1. The molecule has 1 fully saturated rings. The summed E-state index contributed by atoms with van der Waals surface area (Å²) < 4.78 is 5.61. The molecule has 1 N–H and O–H groups in total. The predicted octanol–water partition coefficient (Wildman–Crippen LogP) is 2.01. The van der Waals surface area contributed by atoms with Gasteiger partial charge in [-0.1, -0.05) is 30.3 Å². The summed E-state index contributed by atoms with van der Waals surface area (Å²) >= 11 is 0. The number of rotatable bonds is 6. The second-order valence-electron chi connectivity index (χ2n) is 8.56. The van der Waals surface area contributed by atoms with Crippen LogP contribution < -0.4 is 10.1 Å². The minimum Gasteiger partial charge on any atom is -0.481 e. The number of nitrogens with one attached hydrogen (secondary N) is 1. The molecule has 0 radical (unpaired) electrons. The fourth-order valence-corrected chi connectivity index (χ4v) is 4.44. The molecule has 7 nitrogen and oxygen atoms in total. The summed E-state index contributed by atoms with van der Waals surface area (Å²) in [6, 6.07) is 9.97. The summed E-state index contributed by atoms with van der Waals surface area (Å²) in [7, 11) is 3.82. The van der Waals surface area contributed by atoms with Crippen LogP contribution >= 0.6 is 0 Å². The van der Waals surface area contributed by atoms with Crippen molar-refractivity contribution in [3.63, 3.8) is 0 Å². The Balaban J connectivity index is 1.36. The minimum absolute atomic E-state index is 0.00608. The average molecular weight is 424 g/mol. The van der Waals surface area contributed by atoms with Gasteiger partial charge in [0.25, 0.3) is 0 Å². The number of carbonyl (C=O) groups is 1. The third-order valence-corrected chi connectivity index (χ3v) is 6.45. The lowest BCUT2D eigenvalue weighted by molar-refractivity contribution is -0.125. The van der Waals surface area contributed by atoms with Crippen molar-refractivity contribution in [2.45, 2.75) is 25.7 Å². The number of amides is 1. The van der Waals surface area contributed by atoms with E-state index in [1.807, 2.05) is 30.3 Å². The Bertz CT molecular complexity index is 881. The lowest BCUT2D eigenvalue weighted by atomic mass is 9.99. The normalized spacial score (nSPS) is 20.0. The van der Waals surface area contributed by atoms with Crippen molar-refractivity contribution < 1.29 is 9.53 Å². The van der Waals surface area contributed by atoms with Gasteiger partial charge in [0.2, 0.25) is 11.8 Å². The van der Waals surface area contributed by atoms with E-state index in [-0.39, 0.29) is 11.8 Å². The van der Waals surface area contributed by atoms with Gasteiger partial charge in [0, 0.05) is 56.3 Å². The number of piperazine rings is 1. The number of hydrogen-bond donors (Lipinski definition) is 1. The largest absolute Gasteiger partial charge is 0.481 e. The average Bonchev–Trinajstić information content (AvgIpc) is 3.03. The van der Waals surface area contributed by atoms with Gasteiger partial charge in [-0.2, -0.15) is 4.98 Å². The summed E-state index contributed by atoms with van der Waals surface area (Å²) in [4.78, 5) is 27.1. The quantitative estimate of drug-likeness (QED) is 0.717. The van der Waals surface area contributed by atoms with Gasteiger partial charge in [-0.05, 0) is 32.7 Å². The maximum absolute atomic E-state index is 12.8. The first-order valence-electron chi connectivity index (χ1n) is 11.3. The van der Waals surface area contributed by atoms with Crippen LogP contribution in [0, 0.1) is 5.92 Å². The molecule has 2 aromatic rings. The zero-order valence-electron chi connectivity index (χ0n) is 18.6. The Kier molecular flexibility index (Phi) is 7.14. The monoisotopic (exact) mass is 423 g/mol. The Morgan fingerprint density at radius 3 is 2.58 bits per heavy atom. The molecule has 2 aliphatic rings. The zero-order valence-corrected chi connectivity index (χ0v) is 18.6. The van der Waals surface area contributed by atoms with Crippen LogP contribution in [0.5, 0.6) is 5.88 Å². The van der Waals surface area contributed by atoms with Crippen molar-refractivity contribution in [2.24, 2.45) is 5.92 Å². The lowest BCUT2D eigenvalue weighted by Gasteiger charge is -2.32. The topological polar surface area (TPSA) is 70.6 Å². The van der Waals surface area contributed by atoms with E-state index in [0.717, 1.165) is 75.2 Å². The third-order valence-electron chi connectivity index (χ3n) is 6.45. The molecule has 1 aliphatic heterocycles. The fourth-order valence-electron chi connectivity index (χ4n) is 4.44. The first-order chi connectivity index (χ1) is 15.1. The minimum atomic E-state index is 0.00608. The molecular weight excluding hydrogens is 390 g/mol. The van der Waals surface area contributed by atoms with Crippen LogP contribution in [-0.4, -0.2) is 79.1 Å². The second kappa shape index (κ2) is 10.2. The van der Waals surface area contributed by atoms with E-state index in [9.17, 15) is 4.79 Å². The summed E-state index contributed by atoms with van der Waals surface area (Å²) in [5, 5.41) is 3.17. The van der Waals surface area contributed by atoms with Gasteiger partial charge in [0.15, 0.2) is 5.82 Å². The molecule has 1 saturated heterocycles. The summed E-state index contributed by atoms with van der Waals surface area (Å²) in [5.41, 5.74) is 3.04. The van der Waals surface area contributed by atoms with Crippen LogP contribution in [0.2, 0.25) is 0 Å². The molecule has 1 amide bonds. The highest BCUT2D eigenvalue weighted by atomic mass is 16.5. The Labute approximate surface area is 184 Å². The van der Waals surface area contributed by atoms with Crippen molar-refractivity contribution in [2.75, 3.05) is 53.4 Å². The van der Waals surface area contributed by atoms with Gasteiger partial charge in [0.1, 0.15) is 0 Å². The number of fused-ring (bicyclic) bond motifs is 1. The maximum atomic E-state index is 12.8. The number of aryl methyl sites for hydroxylation is 1. The molecule has 4 rings (SSSR count). The summed E-state index contributed by atoms with van der Waals surface area (Å²) in [6.45, 7) is 5.99. The number of carbonyl (C=O) groups excluding carboxylic acids is 1. The molecule has 166 valence electrons. The maximum Gasteiger partial charge on any atom is 0.223 e. The molecule has 1 unspecified atom stereocenters. The van der Waals surface area contributed by atoms with Crippen LogP contribution in [-0.2, 0) is 17.6 Å². The van der Waals surface area contributed by atoms with E-state index >= 15 is 0 Å². The third kappa shape index (κ3) is 5.40. The van der Waals surface area contributed by atoms with E-state index in [2.05, 4.69) is 27.1 Å². The number of aromatic nitrogens is 2. The summed E-state index contributed by atoms with van der Waals surface area (Å²) in [6.07, 6.45) is 3.15. The van der Waals surface area contributed by atoms with Crippen LogP contribution in [0.25, 0.3) is 11.4 Å². The second-order valence-corrected chi connectivity index (χ2v) is 8.56. The molecule has 31 heavy (non-hydrogen) atoms. The van der Waals surface area contributed by atoms with E-state index in [1.54, 1.807) is 7.11 Å². The molecular formula is C24H33N5O2. The number of benzene rings is 1. The molecule has 7 heteroatoms. The van der Waals surface area contributed by atoms with Crippen LogP contribution in [0.1, 0.15) is 24.1 Å². The highest BCUT2D eigenvalue weighted by molar-refractivity contribution is 5.78. The van der Waals surface area contributed by atoms with Gasteiger partial charge in [0.05, 0.1) is 12.8 Å². The molecule has 0 spiro atoms. The Morgan fingerprint density at radius 2 is 1.84 bits per heavy atom. The molecule has 0 saturated carbocycles. The first-order valence-corrected chi connectivity index (χ1v) is 11.3. The van der Waals surface area contributed by atoms with Gasteiger partial charge in [-0.25, -0.2) is 4.98 Å². The number of methoxy groups -OCH3 is 1. The zero-order chi connectivity index (χ0) is 21.6. The first kappa shape index (κ1) is 21.7. The van der Waals surface area contributed by atoms with Crippen molar-refractivity contribution in [1.82, 2.24) is 25.1 Å². The van der Waals surface area contributed by atoms with Crippen molar-refractivity contribution in [3.05, 3.63) is 41.6 Å². The van der Waals surface area contributed by atoms with Crippen LogP contribution in [0.4, 0.5) is 0 Å². The van der Waals surface area contributed by atoms with Gasteiger partial charge in [-0.15, -0.1) is 0 Å². The van der Waals surface area contributed by atoms with E-state index in [4.69, 9.17) is 9.72 Å². The van der Waals surface area contributed by atoms with Gasteiger partial charge < -0.3 is 15.0 Å².